The Bertz CT molecular complexity index is 406. The van der Waals surface area contributed by atoms with Gasteiger partial charge in [-0.3, -0.25) is 0 Å². The summed E-state index contributed by atoms with van der Waals surface area (Å²) in [7, 11) is 1.44. The molecule has 0 unspecified atom stereocenters. The SMILES string of the molecule is COc1cc(O[C@H](C)C(=O)O)c(Cl)cc1Cl. The average Bonchev–Trinajstić information content (AvgIpc) is 2.21. The minimum atomic E-state index is -1.08. The predicted molar refractivity (Wildman–Crippen MR) is 60.7 cm³/mol. The minimum Gasteiger partial charge on any atom is -0.495 e. The number of methoxy groups -OCH3 is 1. The fourth-order valence-corrected chi connectivity index (χ4v) is 1.50. The Kier molecular flexibility index (Phi) is 4.26. The number of carboxylic acids is 1. The van der Waals surface area contributed by atoms with Gasteiger partial charge in [0.15, 0.2) is 6.10 Å². The zero-order valence-corrected chi connectivity index (χ0v) is 10.2. The molecule has 0 radical (unpaired) electrons. The van der Waals surface area contributed by atoms with Crippen LogP contribution in [0.4, 0.5) is 0 Å². The fraction of sp³-hybridized carbons (Fsp3) is 0.300. The molecule has 0 aliphatic carbocycles. The van der Waals surface area contributed by atoms with Crippen LogP contribution in [0, 0.1) is 0 Å². The quantitative estimate of drug-likeness (QED) is 0.909. The highest BCUT2D eigenvalue weighted by Gasteiger charge is 2.16. The summed E-state index contributed by atoms with van der Waals surface area (Å²) >= 11 is 11.7. The van der Waals surface area contributed by atoms with Crippen molar-refractivity contribution < 1.29 is 19.4 Å². The largest absolute Gasteiger partial charge is 0.495 e. The lowest BCUT2D eigenvalue weighted by Crippen LogP contribution is -2.23. The topological polar surface area (TPSA) is 55.8 Å². The van der Waals surface area contributed by atoms with Gasteiger partial charge in [0, 0.05) is 6.07 Å². The molecule has 1 aromatic carbocycles. The zero-order chi connectivity index (χ0) is 12.3. The van der Waals surface area contributed by atoms with Crippen molar-refractivity contribution in [3.8, 4) is 11.5 Å². The molecule has 88 valence electrons. The first-order chi connectivity index (χ1) is 7.45. The van der Waals surface area contributed by atoms with E-state index in [9.17, 15) is 4.79 Å². The van der Waals surface area contributed by atoms with E-state index in [2.05, 4.69) is 0 Å². The molecule has 0 amide bonds. The fourth-order valence-electron chi connectivity index (χ4n) is 0.998. The third kappa shape index (κ3) is 2.93. The van der Waals surface area contributed by atoms with Crippen LogP contribution < -0.4 is 9.47 Å². The van der Waals surface area contributed by atoms with E-state index < -0.39 is 12.1 Å². The number of aliphatic carboxylic acids is 1. The number of carbonyl (C=O) groups is 1. The molecule has 1 N–H and O–H groups in total. The standard InChI is InChI=1S/C10H10Cl2O4/c1-5(10(13)14)16-9-4-8(15-2)6(11)3-7(9)12/h3-5H,1-2H3,(H,13,14)/t5-/m1/s1. The molecule has 0 aliphatic rings. The molecule has 16 heavy (non-hydrogen) atoms. The molecular weight excluding hydrogens is 255 g/mol. The molecule has 0 saturated carbocycles. The van der Waals surface area contributed by atoms with Crippen LogP contribution in [0.2, 0.25) is 10.0 Å². The molecule has 1 atom stereocenters. The second-order valence-electron chi connectivity index (χ2n) is 3.02. The van der Waals surface area contributed by atoms with Gasteiger partial charge >= 0.3 is 5.97 Å². The first kappa shape index (κ1) is 12.9. The van der Waals surface area contributed by atoms with Gasteiger partial charge in [0.1, 0.15) is 11.5 Å². The number of carboxylic acid groups (broad SMARTS) is 1. The maximum Gasteiger partial charge on any atom is 0.344 e. The molecule has 0 bridgehead atoms. The second-order valence-corrected chi connectivity index (χ2v) is 3.83. The van der Waals surface area contributed by atoms with Crippen molar-refractivity contribution in [2.24, 2.45) is 0 Å². The van der Waals surface area contributed by atoms with E-state index in [-0.39, 0.29) is 10.8 Å². The molecule has 0 spiro atoms. The number of halogens is 2. The van der Waals surface area contributed by atoms with Gasteiger partial charge in [0.25, 0.3) is 0 Å². The molecule has 1 rings (SSSR count). The number of hydrogen-bond acceptors (Lipinski definition) is 3. The van der Waals surface area contributed by atoms with Crippen molar-refractivity contribution in [3.05, 3.63) is 22.2 Å². The van der Waals surface area contributed by atoms with E-state index in [1.54, 1.807) is 0 Å². The lowest BCUT2D eigenvalue weighted by molar-refractivity contribution is -0.144. The highest BCUT2D eigenvalue weighted by atomic mass is 35.5. The Hall–Kier alpha value is -1.13. The maximum atomic E-state index is 10.6. The van der Waals surface area contributed by atoms with Gasteiger partial charge < -0.3 is 14.6 Å². The van der Waals surface area contributed by atoms with Crippen LogP contribution in [0.1, 0.15) is 6.92 Å². The molecule has 0 heterocycles. The first-order valence-electron chi connectivity index (χ1n) is 4.38. The van der Waals surface area contributed by atoms with Gasteiger partial charge in [-0.15, -0.1) is 0 Å². The minimum absolute atomic E-state index is 0.220. The van der Waals surface area contributed by atoms with E-state index >= 15 is 0 Å². The molecule has 0 saturated heterocycles. The number of hydrogen-bond donors (Lipinski definition) is 1. The summed E-state index contributed by atoms with van der Waals surface area (Å²) in [6.45, 7) is 1.40. The molecule has 0 aromatic heterocycles. The van der Waals surface area contributed by atoms with Gasteiger partial charge in [0.05, 0.1) is 17.2 Å². The number of rotatable bonds is 4. The van der Waals surface area contributed by atoms with Crippen molar-refractivity contribution in [2.75, 3.05) is 7.11 Å². The monoisotopic (exact) mass is 264 g/mol. The normalized spacial score (nSPS) is 12.0. The molecule has 1 aromatic rings. The third-order valence-electron chi connectivity index (χ3n) is 1.86. The van der Waals surface area contributed by atoms with Gasteiger partial charge in [-0.1, -0.05) is 23.2 Å². The van der Waals surface area contributed by atoms with Crippen LogP contribution in [0.3, 0.4) is 0 Å². The Morgan fingerprint density at radius 2 is 1.88 bits per heavy atom. The van der Waals surface area contributed by atoms with Gasteiger partial charge in [-0.2, -0.15) is 0 Å². The van der Waals surface area contributed by atoms with E-state index in [1.165, 1.54) is 26.2 Å². The summed E-state index contributed by atoms with van der Waals surface area (Å²) in [6.07, 6.45) is -0.997. The van der Waals surface area contributed by atoms with Crippen LogP contribution in [0.15, 0.2) is 12.1 Å². The maximum absolute atomic E-state index is 10.6. The Morgan fingerprint density at radius 1 is 1.31 bits per heavy atom. The van der Waals surface area contributed by atoms with Gasteiger partial charge in [-0.25, -0.2) is 4.79 Å². The summed E-state index contributed by atoms with van der Waals surface area (Å²) in [5.74, 6) is -0.485. The summed E-state index contributed by atoms with van der Waals surface area (Å²) in [6, 6.07) is 2.88. The second kappa shape index (κ2) is 5.27. The van der Waals surface area contributed by atoms with Crippen LogP contribution in [0.5, 0.6) is 11.5 Å². The summed E-state index contributed by atoms with van der Waals surface area (Å²) in [5.41, 5.74) is 0. The first-order valence-corrected chi connectivity index (χ1v) is 5.13. The number of benzene rings is 1. The smallest absolute Gasteiger partial charge is 0.344 e. The van der Waals surface area contributed by atoms with Crippen LogP contribution in [-0.4, -0.2) is 24.3 Å². The van der Waals surface area contributed by atoms with Crippen LogP contribution in [-0.2, 0) is 4.79 Å². The van der Waals surface area contributed by atoms with Crippen molar-refractivity contribution in [1.29, 1.82) is 0 Å². The van der Waals surface area contributed by atoms with E-state index in [1.807, 2.05) is 0 Å². The van der Waals surface area contributed by atoms with Crippen molar-refractivity contribution in [3.63, 3.8) is 0 Å². The van der Waals surface area contributed by atoms with Gasteiger partial charge in [-0.05, 0) is 13.0 Å². The number of ether oxygens (including phenoxy) is 2. The Labute approximate surface area is 103 Å². The highest BCUT2D eigenvalue weighted by Crippen LogP contribution is 2.35. The Morgan fingerprint density at radius 3 is 2.38 bits per heavy atom. The lowest BCUT2D eigenvalue weighted by atomic mass is 10.3. The van der Waals surface area contributed by atoms with Crippen LogP contribution >= 0.6 is 23.2 Å². The van der Waals surface area contributed by atoms with Gasteiger partial charge in [0.2, 0.25) is 0 Å². The molecule has 0 fully saturated rings. The summed E-state index contributed by atoms with van der Waals surface area (Å²) in [5, 5.41) is 9.26. The molecular formula is C10H10Cl2O4. The zero-order valence-electron chi connectivity index (χ0n) is 8.66. The van der Waals surface area contributed by atoms with Crippen molar-refractivity contribution in [1.82, 2.24) is 0 Å². The summed E-state index contributed by atoms with van der Waals surface area (Å²) in [4.78, 5) is 10.6. The molecule has 4 nitrogen and oxygen atoms in total. The van der Waals surface area contributed by atoms with Crippen molar-refractivity contribution >= 4 is 29.2 Å². The van der Waals surface area contributed by atoms with E-state index in [4.69, 9.17) is 37.8 Å². The highest BCUT2D eigenvalue weighted by molar-refractivity contribution is 6.36. The Balaban J connectivity index is 3.00. The third-order valence-corrected chi connectivity index (χ3v) is 2.45. The van der Waals surface area contributed by atoms with E-state index in [0.717, 1.165) is 0 Å². The average molecular weight is 265 g/mol. The molecule has 0 aliphatic heterocycles. The summed E-state index contributed by atoms with van der Waals surface area (Å²) < 4.78 is 10.1. The van der Waals surface area contributed by atoms with Crippen molar-refractivity contribution in [2.45, 2.75) is 13.0 Å². The van der Waals surface area contributed by atoms with E-state index in [0.29, 0.717) is 10.8 Å². The lowest BCUT2D eigenvalue weighted by Gasteiger charge is -2.13. The van der Waals surface area contributed by atoms with Crippen LogP contribution in [0.25, 0.3) is 0 Å². The molecule has 6 heteroatoms. The predicted octanol–water partition coefficient (Wildman–Crippen LogP) is 2.85.